The molecule has 1 rings (SSSR count). The molecule has 3 N–H and O–H groups in total. The third-order valence-corrected chi connectivity index (χ3v) is 2.74. The van der Waals surface area contributed by atoms with Gasteiger partial charge >= 0.3 is 0 Å². The number of unbranched alkanes of at least 4 members (excludes halogenated alkanes) is 1. The van der Waals surface area contributed by atoms with Crippen LogP contribution >= 0.6 is 0 Å². The molecule has 0 aliphatic carbocycles. The van der Waals surface area contributed by atoms with Gasteiger partial charge in [0.25, 0.3) is 0 Å². The van der Waals surface area contributed by atoms with Crippen molar-refractivity contribution in [1.29, 1.82) is 0 Å². The summed E-state index contributed by atoms with van der Waals surface area (Å²) < 4.78 is 10.6. The fraction of sp³-hybridized carbons (Fsp3) is 0.571. The van der Waals surface area contributed by atoms with Crippen LogP contribution < -0.4 is 10.5 Å². The van der Waals surface area contributed by atoms with Gasteiger partial charge in [-0.15, -0.1) is 0 Å². The zero-order chi connectivity index (χ0) is 13.2. The minimum absolute atomic E-state index is 0.100. The van der Waals surface area contributed by atoms with Gasteiger partial charge in [0, 0.05) is 26.4 Å². The molecule has 102 valence electrons. The van der Waals surface area contributed by atoms with Crippen molar-refractivity contribution in [2.24, 2.45) is 5.73 Å². The van der Waals surface area contributed by atoms with Crippen molar-refractivity contribution in [3.63, 3.8) is 0 Å². The van der Waals surface area contributed by atoms with Crippen LogP contribution in [0.4, 0.5) is 0 Å². The van der Waals surface area contributed by atoms with E-state index in [1.807, 2.05) is 24.3 Å². The summed E-state index contributed by atoms with van der Waals surface area (Å²) in [4.78, 5) is 0. The van der Waals surface area contributed by atoms with E-state index < -0.39 is 0 Å². The molecule has 0 bridgehead atoms. The zero-order valence-electron chi connectivity index (χ0n) is 11.0. The van der Waals surface area contributed by atoms with Crippen molar-refractivity contribution >= 4 is 0 Å². The molecule has 4 heteroatoms. The second-order valence-corrected chi connectivity index (χ2v) is 4.24. The van der Waals surface area contributed by atoms with Gasteiger partial charge in [0.1, 0.15) is 5.75 Å². The molecule has 0 fully saturated rings. The first kappa shape index (κ1) is 15.0. The van der Waals surface area contributed by atoms with E-state index in [0.29, 0.717) is 13.0 Å². The normalized spacial score (nSPS) is 12.4. The fourth-order valence-electron chi connectivity index (χ4n) is 1.68. The number of aliphatic hydroxyl groups is 1. The van der Waals surface area contributed by atoms with Crippen molar-refractivity contribution in [1.82, 2.24) is 0 Å². The molecule has 0 spiro atoms. The summed E-state index contributed by atoms with van der Waals surface area (Å²) in [6.07, 6.45) is 2.54. The summed E-state index contributed by atoms with van der Waals surface area (Å²) in [7, 11) is 1.70. The summed E-state index contributed by atoms with van der Waals surface area (Å²) in [6, 6.07) is 7.61. The molecule has 1 aromatic carbocycles. The van der Waals surface area contributed by atoms with E-state index in [2.05, 4.69) is 0 Å². The molecule has 4 nitrogen and oxygen atoms in total. The van der Waals surface area contributed by atoms with E-state index in [1.165, 1.54) is 0 Å². The van der Waals surface area contributed by atoms with Gasteiger partial charge in [-0.1, -0.05) is 12.1 Å². The Morgan fingerprint density at radius 3 is 2.78 bits per heavy atom. The van der Waals surface area contributed by atoms with Crippen molar-refractivity contribution in [2.45, 2.75) is 25.3 Å². The highest BCUT2D eigenvalue weighted by Crippen LogP contribution is 2.19. The van der Waals surface area contributed by atoms with Crippen LogP contribution in [0.5, 0.6) is 5.75 Å². The number of ether oxygens (including phenoxy) is 2. The van der Waals surface area contributed by atoms with Crippen molar-refractivity contribution in [2.75, 3.05) is 26.9 Å². The van der Waals surface area contributed by atoms with E-state index >= 15 is 0 Å². The molecule has 0 radical (unpaired) electrons. The van der Waals surface area contributed by atoms with Gasteiger partial charge in [-0.05, 0) is 37.0 Å². The summed E-state index contributed by atoms with van der Waals surface area (Å²) in [5.74, 6) is 0.832. The van der Waals surface area contributed by atoms with E-state index in [0.717, 1.165) is 30.8 Å². The summed E-state index contributed by atoms with van der Waals surface area (Å²) in [5, 5.41) is 8.87. The van der Waals surface area contributed by atoms with Crippen LogP contribution in [0.2, 0.25) is 0 Å². The first-order chi connectivity index (χ1) is 8.77. The van der Waals surface area contributed by atoms with Crippen LogP contribution in [0, 0.1) is 0 Å². The van der Waals surface area contributed by atoms with Gasteiger partial charge in [0.15, 0.2) is 0 Å². The van der Waals surface area contributed by atoms with Crippen LogP contribution in [0.25, 0.3) is 0 Å². The predicted octanol–water partition coefficient (Wildman–Crippen LogP) is 1.87. The molecule has 1 aromatic rings. The third kappa shape index (κ3) is 5.49. The predicted molar refractivity (Wildman–Crippen MR) is 71.7 cm³/mol. The molecule has 0 amide bonds. The molecule has 1 unspecified atom stereocenters. The van der Waals surface area contributed by atoms with Gasteiger partial charge in [-0.25, -0.2) is 0 Å². The Kier molecular flexibility index (Phi) is 7.41. The standard InChI is InChI=1S/C14H23NO3/c1-17-9-2-3-10-18-13-6-4-5-12(11-13)14(15)7-8-16/h4-6,11,14,16H,2-3,7-10,15H2,1H3. The molecule has 0 saturated carbocycles. The molecule has 18 heavy (non-hydrogen) atoms. The summed E-state index contributed by atoms with van der Waals surface area (Å²) in [6.45, 7) is 1.55. The maximum Gasteiger partial charge on any atom is 0.119 e. The smallest absolute Gasteiger partial charge is 0.119 e. The lowest BCUT2D eigenvalue weighted by Crippen LogP contribution is -2.12. The Morgan fingerprint density at radius 1 is 1.28 bits per heavy atom. The molecular formula is C14H23NO3. The lowest BCUT2D eigenvalue weighted by atomic mass is 10.1. The Hall–Kier alpha value is -1.10. The van der Waals surface area contributed by atoms with E-state index in [1.54, 1.807) is 7.11 Å². The lowest BCUT2D eigenvalue weighted by molar-refractivity contribution is 0.184. The van der Waals surface area contributed by atoms with Crippen LogP contribution in [-0.4, -0.2) is 32.0 Å². The average Bonchev–Trinajstić information content (AvgIpc) is 2.39. The van der Waals surface area contributed by atoms with Crippen molar-refractivity contribution < 1.29 is 14.6 Å². The largest absolute Gasteiger partial charge is 0.494 e. The Bertz CT molecular complexity index is 331. The van der Waals surface area contributed by atoms with Crippen LogP contribution in [0.3, 0.4) is 0 Å². The molecule has 0 aliphatic heterocycles. The SMILES string of the molecule is COCCCCOc1cccc(C(N)CCO)c1. The van der Waals surface area contributed by atoms with Gasteiger partial charge in [0.05, 0.1) is 6.61 Å². The van der Waals surface area contributed by atoms with Crippen molar-refractivity contribution in [3.8, 4) is 5.75 Å². The van der Waals surface area contributed by atoms with Crippen LogP contribution in [0.1, 0.15) is 30.9 Å². The topological polar surface area (TPSA) is 64.7 Å². The number of hydrogen-bond acceptors (Lipinski definition) is 4. The van der Waals surface area contributed by atoms with Crippen LogP contribution in [-0.2, 0) is 4.74 Å². The molecule has 0 aliphatic rings. The lowest BCUT2D eigenvalue weighted by Gasteiger charge is -2.12. The highest BCUT2D eigenvalue weighted by atomic mass is 16.5. The highest BCUT2D eigenvalue weighted by Gasteiger charge is 2.06. The average molecular weight is 253 g/mol. The van der Waals surface area contributed by atoms with Crippen molar-refractivity contribution in [3.05, 3.63) is 29.8 Å². The highest BCUT2D eigenvalue weighted by molar-refractivity contribution is 5.30. The fourth-order valence-corrected chi connectivity index (χ4v) is 1.68. The summed E-state index contributed by atoms with van der Waals surface area (Å²) >= 11 is 0. The Labute approximate surface area is 109 Å². The quantitative estimate of drug-likeness (QED) is 0.659. The Balaban J connectivity index is 2.39. The zero-order valence-corrected chi connectivity index (χ0v) is 11.0. The second kappa shape index (κ2) is 8.91. The first-order valence-electron chi connectivity index (χ1n) is 6.36. The third-order valence-electron chi connectivity index (χ3n) is 2.74. The van der Waals surface area contributed by atoms with Gasteiger partial charge in [0.2, 0.25) is 0 Å². The number of rotatable bonds is 9. The Morgan fingerprint density at radius 2 is 2.06 bits per heavy atom. The number of benzene rings is 1. The molecule has 1 atom stereocenters. The maximum absolute atomic E-state index is 8.87. The number of hydrogen-bond donors (Lipinski definition) is 2. The minimum Gasteiger partial charge on any atom is -0.494 e. The van der Waals surface area contributed by atoms with Crippen LogP contribution in [0.15, 0.2) is 24.3 Å². The van der Waals surface area contributed by atoms with Gasteiger partial charge in [-0.3, -0.25) is 0 Å². The monoisotopic (exact) mass is 253 g/mol. The van der Waals surface area contributed by atoms with E-state index in [-0.39, 0.29) is 12.6 Å². The first-order valence-corrected chi connectivity index (χ1v) is 6.36. The number of nitrogens with two attached hydrogens (primary N) is 1. The second-order valence-electron chi connectivity index (χ2n) is 4.24. The number of methoxy groups -OCH3 is 1. The number of aliphatic hydroxyl groups excluding tert-OH is 1. The minimum atomic E-state index is -0.132. The molecule has 0 heterocycles. The van der Waals surface area contributed by atoms with Gasteiger partial charge in [-0.2, -0.15) is 0 Å². The van der Waals surface area contributed by atoms with E-state index in [4.69, 9.17) is 20.3 Å². The molecular weight excluding hydrogens is 230 g/mol. The van der Waals surface area contributed by atoms with Gasteiger partial charge < -0.3 is 20.3 Å². The summed E-state index contributed by atoms with van der Waals surface area (Å²) in [5.41, 5.74) is 6.94. The maximum atomic E-state index is 8.87. The molecule has 0 saturated heterocycles. The molecule has 0 aromatic heterocycles. The van der Waals surface area contributed by atoms with E-state index in [9.17, 15) is 0 Å².